The number of halogens is 1. The third-order valence-electron chi connectivity index (χ3n) is 4.80. The second-order valence-corrected chi connectivity index (χ2v) is 7.59. The number of amides is 2. The van der Waals surface area contributed by atoms with Crippen LogP contribution in [0.4, 0.5) is 10.1 Å². The third-order valence-corrected chi connectivity index (χ3v) is 5.84. The minimum Gasteiger partial charge on any atom is -0.339 e. The number of thioether (sulfide) groups is 1. The van der Waals surface area contributed by atoms with Crippen molar-refractivity contribution in [2.45, 2.75) is 24.3 Å². The number of nitrogens with zero attached hydrogens (tertiary/aromatic N) is 2. The summed E-state index contributed by atoms with van der Waals surface area (Å²) in [5.41, 5.74) is 2.24. The first kappa shape index (κ1) is 17.1. The lowest BCUT2D eigenvalue weighted by Gasteiger charge is -2.30. The Hall–Kier alpha value is -2.34. The van der Waals surface area contributed by atoms with E-state index < -0.39 is 0 Å². The molecule has 26 heavy (non-hydrogen) atoms. The van der Waals surface area contributed by atoms with Gasteiger partial charge in [-0.05, 0) is 48.7 Å². The molecule has 0 N–H and O–H groups in total. The average Bonchev–Trinajstić information content (AvgIpc) is 3.19. The second kappa shape index (κ2) is 7.11. The van der Waals surface area contributed by atoms with Crippen LogP contribution >= 0.6 is 11.8 Å². The molecule has 6 heteroatoms. The molecule has 1 fully saturated rings. The van der Waals surface area contributed by atoms with Gasteiger partial charge in [0.2, 0.25) is 5.91 Å². The fourth-order valence-electron chi connectivity index (χ4n) is 3.38. The molecule has 2 aliphatic heterocycles. The van der Waals surface area contributed by atoms with Crippen molar-refractivity contribution >= 4 is 29.3 Å². The molecule has 0 spiro atoms. The quantitative estimate of drug-likeness (QED) is 0.827. The molecule has 2 heterocycles. The van der Waals surface area contributed by atoms with Crippen LogP contribution in [-0.4, -0.2) is 35.6 Å². The van der Waals surface area contributed by atoms with E-state index >= 15 is 0 Å². The van der Waals surface area contributed by atoms with E-state index in [1.807, 2.05) is 23.1 Å². The van der Waals surface area contributed by atoms with Gasteiger partial charge in [0, 0.05) is 23.5 Å². The van der Waals surface area contributed by atoms with Crippen LogP contribution in [0.5, 0.6) is 0 Å². The van der Waals surface area contributed by atoms with Crippen molar-refractivity contribution < 1.29 is 14.0 Å². The van der Waals surface area contributed by atoms with E-state index in [4.69, 9.17) is 0 Å². The summed E-state index contributed by atoms with van der Waals surface area (Å²) in [6.07, 6.45) is 2.09. The Bertz CT molecular complexity index is 847. The molecule has 2 aromatic carbocycles. The maximum atomic E-state index is 13.1. The predicted molar refractivity (Wildman–Crippen MR) is 99.9 cm³/mol. The summed E-state index contributed by atoms with van der Waals surface area (Å²) in [7, 11) is 0. The molecule has 2 amide bonds. The summed E-state index contributed by atoms with van der Waals surface area (Å²) < 4.78 is 13.1. The molecule has 4 nitrogen and oxygen atoms in total. The van der Waals surface area contributed by atoms with Crippen molar-refractivity contribution in [2.24, 2.45) is 0 Å². The number of likely N-dealkylation sites (tertiary alicyclic amines) is 1. The predicted octanol–water partition coefficient (Wildman–Crippen LogP) is 3.70. The lowest BCUT2D eigenvalue weighted by molar-refractivity contribution is -0.116. The molecule has 134 valence electrons. The van der Waals surface area contributed by atoms with Crippen LogP contribution in [0.25, 0.3) is 0 Å². The molecule has 0 radical (unpaired) electrons. The van der Waals surface area contributed by atoms with Gasteiger partial charge in [-0.2, -0.15) is 0 Å². The number of benzene rings is 2. The van der Waals surface area contributed by atoms with Crippen LogP contribution in [0.3, 0.4) is 0 Å². The highest BCUT2D eigenvalue weighted by Gasteiger charge is 2.27. The van der Waals surface area contributed by atoms with Gasteiger partial charge in [0.15, 0.2) is 0 Å². The minimum absolute atomic E-state index is 0.00223. The zero-order chi connectivity index (χ0) is 18.1. The molecular formula is C20H19FN2O2S. The molecule has 0 unspecified atom stereocenters. The third kappa shape index (κ3) is 3.33. The highest BCUT2D eigenvalue weighted by molar-refractivity contribution is 8.00. The van der Waals surface area contributed by atoms with Gasteiger partial charge in [0.1, 0.15) is 5.82 Å². The molecule has 0 saturated carbocycles. The van der Waals surface area contributed by atoms with E-state index in [9.17, 15) is 14.0 Å². The van der Waals surface area contributed by atoms with Crippen molar-refractivity contribution in [3.8, 4) is 0 Å². The summed E-state index contributed by atoms with van der Waals surface area (Å²) in [6, 6.07) is 11.8. The standard InChI is InChI=1S/C20H19FN2O2S/c21-16-6-3-14(4-7-16)12-23-17-11-15(20(25)22-9-1-2-10-22)5-8-18(17)26-13-19(23)24/h3-8,11H,1-2,9-10,12-13H2. The molecule has 2 aliphatic rings. The highest BCUT2D eigenvalue weighted by Crippen LogP contribution is 2.37. The minimum atomic E-state index is -0.298. The number of rotatable bonds is 3. The van der Waals surface area contributed by atoms with Crippen molar-refractivity contribution in [3.63, 3.8) is 0 Å². The Labute approximate surface area is 156 Å². The highest BCUT2D eigenvalue weighted by atomic mass is 32.2. The fraction of sp³-hybridized carbons (Fsp3) is 0.300. The van der Waals surface area contributed by atoms with Crippen LogP contribution < -0.4 is 4.90 Å². The molecule has 2 aromatic rings. The van der Waals surface area contributed by atoms with Gasteiger partial charge in [0.05, 0.1) is 18.0 Å². The molecule has 4 rings (SSSR count). The van der Waals surface area contributed by atoms with Crippen LogP contribution in [-0.2, 0) is 11.3 Å². The maximum absolute atomic E-state index is 13.1. The molecule has 0 bridgehead atoms. The largest absolute Gasteiger partial charge is 0.339 e. The average molecular weight is 370 g/mol. The van der Waals surface area contributed by atoms with E-state index in [-0.39, 0.29) is 17.6 Å². The Balaban J connectivity index is 1.64. The number of anilines is 1. The topological polar surface area (TPSA) is 40.6 Å². The SMILES string of the molecule is O=C(c1ccc2c(c1)N(Cc1ccc(F)cc1)C(=O)CS2)N1CCCC1. The van der Waals surface area contributed by atoms with Gasteiger partial charge in [-0.1, -0.05) is 12.1 Å². The first-order valence-electron chi connectivity index (χ1n) is 8.73. The van der Waals surface area contributed by atoms with E-state index in [0.717, 1.165) is 42.1 Å². The summed E-state index contributed by atoms with van der Waals surface area (Å²) in [5, 5.41) is 0. The molecule has 0 atom stereocenters. The second-order valence-electron chi connectivity index (χ2n) is 6.58. The summed E-state index contributed by atoms with van der Waals surface area (Å²) >= 11 is 1.49. The summed E-state index contributed by atoms with van der Waals surface area (Å²) in [6.45, 7) is 1.96. The zero-order valence-corrected chi connectivity index (χ0v) is 15.1. The number of fused-ring (bicyclic) bond motifs is 1. The lowest BCUT2D eigenvalue weighted by atomic mass is 10.1. The monoisotopic (exact) mass is 370 g/mol. The van der Waals surface area contributed by atoms with E-state index in [1.165, 1.54) is 23.9 Å². The van der Waals surface area contributed by atoms with E-state index in [1.54, 1.807) is 17.0 Å². The maximum Gasteiger partial charge on any atom is 0.253 e. The van der Waals surface area contributed by atoms with Gasteiger partial charge < -0.3 is 9.80 Å². The number of hydrogen-bond acceptors (Lipinski definition) is 3. The summed E-state index contributed by atoms with van der Waals surface area (Å²) in [4.78, 5) is 29.7. The molecule has 1 saturated heterocycles. The van der Waals surface area contributed by atoms with Gasteiger partial charge in [-0.15, -0.1) is 11.8 Å². The first-order valence-corrected chi connectivity index (χ1v) is 9.71. The Kier molecular flexibility index (Phi) is 4.68. The molecular weight excluding hydrogens is 351 g/mol. The molecule has 0 aromatic heterocycles. The Morgan fingerprint density at radius 2 is 1.81 bits per heavy atom. The van der Waals surface area contributed by atoms with Gasteiger partial charge in [0.25, 0.3) is 5.91 Å². The lowest BCUT2D eigenvalue weighted by Crippen LogP contribution is -2.35. The van der Waals surface area contributed by atoms with Crippen molar-refractivity contribution in [3.05, 3.63) is 59.4 Å². The van der Waals surface area contributed by atoms with Crippen molar-refractivity contribution in [1.29, 1.82) is 0 Å². The molecule has 0 aliphatic carbocycles. The zero-order valence-electron chi connectivity index (χ0n) is 14.3. The Morgan fingerprint density at radius 1 is 1.08 bits per heavy atom. The van der Waals surface area contributed by atoms with E-state index in [2.05, 4.69) is 0 Å². The number of carbonyl (C=O) groups excluding carboxylic acids is 2. The van der Waals surface area contributed by atoms with Gasteiger partial charge in [-0.25, -0.2) is 4.39 Å². The van der Waals surface area contributed by atoms with Crippen LogP contribution in [0.1, 0.15) is 28.8 Å². The number of carbonyl (C=O) groups is 2. The van der Waals surface area contributed by atoms with Crippen LogP contribution in [0.2, 0.25) is 0 Å². The summed E-state index contributed by atoms with van der Waals surface area (Å²) in [5.74, 6) is 0.0916. The van der Waals surface area contributed by atoms with E-state index in [0.29, 0.717) is 17.9 Å². The smallest absolute Gasteiger partial charge is 0.253 e. The van der Waals surface area contributed by atoms with Gasteiger partial charge >= 0.3 is 0 Å². The first-order chi connectivity index (χ1) is 12.6. The Morgan fingerprint density at radius 3 is 2.54 bits per heavy atom. The number of hydrogen-bond donors (Lipinski definition) is 0. The van der Waals surface area contributed by atoms with Crippen molar-refractivity contribution in [1.82, 2.24) is 4.90 Å². The van der Waals surface area contributed by atoms with Gasteiger partial charge in [-0.3, -0.25) is 9.59 Å². The van der Waals surface area contributed by atoms with Crippen LogP contribution in [0.15, 0.2) is 47.4 Å². The van der Waals surface area contributed by atoms with Crippen LogP contribution in [0, 0.1) is 5.82 Å². The fourth-order valence-corrected chi connectivity index (χ4v) is 4.30. The normalized spacial score (nSPS) is 16.7. The van der Waals surface area contributed by atoms with Crippen molar-refractivity contribution in [2.75, 3.05) is 23.7 Å².